The molecule has 6 nitrogen and oxygen atoms in total. The number of benzene rings is 1. The second kappa shape index (κ2) is 7.08. The van der Waals surface area contributed by atoms with Crippen LogP contribution in [0.4, 0.5) is 5.82 Å². The van der Waals surface area contributed by atoms with Gasteiger partial charge in [-0.05, 0) is 43.7 Å². The molecule has 0 N–H and O–H groups in total. The summed E-state index contributed by atoms with van der Waals surface area (Å²) in [7, 11) is 0. The van der Waals surface area contributed by atoms with Gasteiger partial charge in [-0.15, -0.1) is 0 Å². The predicted molar refractivity (Wildman–Crippen MR) is 109 cm³/mol. The van der Waals surface area contributed by atoms with E-state index >= 15 is 0 Å². The molecule has 5 rings (SSSR count). The molecule has 0 aliphatic carbocycles. The Labute approximate surface area is 164 Å². The Morgan fingerprint density at radius 1 is 1.11 bits per heavy atom. The first-order valence-corrected chi connectivity index (χ1v) is 10.4. The maximum absolute atomic E-state index is 12.9. The van der Waals surface area contributed by atoms with Crippen LogP contribution in [0.25, 0.3) is 22.1 Å². The molecular formula is C22H26N4O2. The summed E-state index contributed by atoms with van der Waals surface area (Å²) in [6, 6.07) is 7.96. The van der Waals surface area contributed by atoms with Gasteiger partial charge in [0.15, 0.2) is 11.4 Å². The Morgan fingerprint density at radius 3 is 2.75 bits per heavy atom. The Balaban J connectivity index is 1.34. The molecule has 0 spiro atoms. The van der Waals surface area contributed by atoms with Gasteiger partial charge in [0.2, 0.25) is 5.91 Å². The SMILES string of the molecule is C[C@H]1CCCN(C(=O)C2CCN(c3ncnc4c3oc3ccccc34)CC2)C1. The van der Waals surface area contributed by atoms with E-state index in [0.29, 0.717) is 11.8 Å². The molecule has 2 aromatic heterocycles. The summed E-state index contributed by atoms with van der Waals surface area (Å²) in [5.41, 5.74) is 2.45. The van der Waals surface area contributed by atoms with Crippen LogP contribution in [0.15, 0.2) is 35.0 Å². The highest BCUT2D eigenvalue weighted by Crippen LogP contribution is 2.34. The van der Waals surface area contributed by atoms with E-state index in [1.54, 1.807) is 6.33 Å². The van der Waals surface area contributed by atoms with Gasteiger partial charge >= 0.3 is 0 Å². The molecule has 1 atom stereocenters. The fourth-order valence-corrected chi connectivity index (χ4v) is 4.72. The number of hydrogen-bond acceptors (Lipinski definition) is 5. The standard InChI is InChI=1S/C22H26N4O2/c1-15-5-4-10-26(13-15)22(27)16-8-11-25(12-9-16)21-20-19(23-14-24-21)17-6-2-3-7-18(17)28-20/h2-3,6-7,14-16H,4-5,8-13H2,1H3/t15-/m0/s1. The highest BCUT2D eigenvalue weighted by Gasteiger charge is 2.31. The third-order valence-electron chi connectivity index (χ3n) is 6.25. The van der Waals surface area contributed by atoms with Gasteiger partial charge in [-0.25, -0.2) is 9.97 Å². The van der Waals surface area contributed by atoms with E-state index in [4.69, 9.17) is 4.42 Å². The van der Waals surface area contributed by atoms with E-state index in [1.807, 2.05) is 24.3 Å². The molecule has 0 bridgehead atoms. The Morgan fingerprint density at radius 2 is 1.93 bits per heavy atom. The van der Waals surface area contributed by atoms with Crippen LogP contribution in [0.1, 0.15) is 32.6 Å². The summed E-state index contributed by atoms with van der Waals surface area (Å²) in [5.74, 6) is 1.95. The number of aromatic nitrogens is 2. The van der Waals surface area contributed by atoms with Crippen molar-refractivity contribution in [2.75, 3.05) is 31.1 Å². The summed E-state index contributed by atoms with van der Waals surface area (Å²) in [4.78, 5) is 26.2. The molecule has 2 fully saturated rings. The van der Waals surface area contributed by atoms with Gasteiger partial charge in [0, 0.05) is 37.5 Å². The molecule has 2 aliphatic heterocycles. The predicted octanol–water partition coefficient (Wildman–Crippen LogP) is 3.85. The lowest BCUT2D eigenvalue weighted by atomic mass is 9.92. The number of likely N-dealkylation sites (tertiary alicyclic amines) is 1. The number of nitrogens with zero attached hydrogens (tertiary/aromatic N) is 4. The van der Waals surface area contributed by atoms with Gasteiger partial charge in [-0.1, -0.05) is 19.1 Å². The molecule has 0 saturated carbocycles. The zero-order chi connectivity index (χ0) is 19.1. The summed E-state index contributed by atoms with van der Waals surface area (Å²) in [5, 5.41) is 1.02. The monoisotopic (exact) mass is 378 g/mol. The number of fused-ring (bicyclic) bond motifs is 3. The van der Waals surface area contributed by atoms with Crippen molar-refractivity contribution in [3.05, 3.63) is 30.6 Å². The second-order valence-corrected chi connectivity index (χ2v) is 8.27. The summed E-state index contributed by atoms with van der Waals surface area (Å²) < 4.78 is 6.08. The zero-order valence-electron chi connectivity index (χ0n) is 16.3. The van der Waals surface area contributed by atoms with Gasteiger partial charge in [-0.2, -0.15) is 0 Å². The van der Waals surface area contributed by atoms with Gasteiger partial charge < -0.3 is 14.2 Å². The van der Waals surface area contributed by atoms with Gasteiger partial charge in [-0.3, -0.25) is 4.79 Å². The topological polar surface area (TPSA) is 62.5 Å². The lowest BCUT2D eigenvalue weighted by molar-refractivity contribution is -0.137. The van der Waals surface area contributed by atoms with Crippen molar-refractivity contribution in [3.63, 3.8) is 0 Å². The molecule has 146 valence electrons. The lowest BCUT2D eigenvalue weighted by Gasteiger charge is -2.37. The number of para-hydroxylation sites is 1. The van der Waals surface area contributed by atoms with Crippen LogP contribution < -0.4 is 4.90 Å². The number of carbonyl (C=O) groups is 1. The average Bonchev–Trinajstić information content (AvgIpc) is 3.12. The number of piperidine rings is 2. The highest BCUT2D eigenvalue weighted by atomic mass is 16.3. The Kier molecular flexibility index (Phi) is 4.41. The Hall–Kier alpha value is -2.63. The van der Waals surface area contributed by atoms with E-state index in [0.717, 1.165) is 73.3 Å². The van der Waals surface area contributed by atoms with Crippen molar-refractivity contribution < 1.29 is 9.21 Å². The second-order valence-electron chi connectivity index (χ2n) is 8.27. The summed E-state index contributed by atoms with van der Waals surface area (Å²) in [6.45, 7) is 5.74. The van der Waals surface area contributed by atoms with Crippen molar-refractivity contribution in [1.29, 1.82) is 0 Å². The molecule has 0 unspecified atom stereocenters. The normalized spacial score (nSPS) is 21.5. The van der Waals surface area contributed by atoms with E-state index in [-0.39, 0.29) is 5.92 Å². The molecule has 1 aromatic carbocycles. The molecule has 6 heteroatoms. The molecule has 28 heavy (non-hydrogen) atoms. The molecule has 3 aromatic rings. The minimum atomic E-state index is 0.134. The number of anilines is 1. The van der Waals surface area contributed by atoms with E-state index in [1.165, 1.54) is 6.42 Å². The lowest BCUT2D eigenvalue weighted by Crippen LogP contribution is -2.46. The molecular weight excluding hydrogens is 352 g/mol. The van der Waals surface area contributed by atoms with Crippen LogP contribution >= 0.6 is 0 Å². The fraction of sp³-hybridized carbons (Fsp3) is 0.500. The maximum atomic E-state index is 12.9. The van der Waals surface area contributed by atoms with E-state index in [9.17, 15) is 4.79 Å². The largest absolute Gasteiger partial charge is 0.450 e. The van der Waals surface area contributed by atoms with Crippen molar-refractivity contribution in [3.8, 4) is 0 Å². The molecule has 0 radical (unpaired) electrons. The number of rotatable bonds is 2. The van der Waals surface area contributed by atoms with Gasteiger partial charge in [0.1, 0.15) is 17.4 Å². The number of carbonyl (C=O) groups excluding carboxylic acids is 1. The van der Waals surface area contributed by atoms with E-state index < -0.39 is 0 Å². The minimum Gasteiger partial charge on any atom is -0.450 e. The number of furan rings is 1. The van der Waals surface area contributed by atoms with Crippen LogP contribution in [0.5, 0.6) is 0 Å². The first-order valence-electron chi connectivity index (χ1n) is 10.4. The quantitative estimate of drug-likeness (QED) is 0.678. The first-order chi connectivity index (χ1) is 13.7. The molecule has 2 saturated heterocycles. The van der Waals surface area contributed by atoms with Crippen molar-refractivity contribution >= 4 is 33.8 Å². The van der Waals surface area contributed by atoms with Gasteiger partial charge in [0.25, 0.3) is 0 Å². The van der Waals surface area contributed by atoms with Crippen molar-refractivity contribution in [2.24, 2.45) is 11.8 Å². The van der Waals surface area contributed by atoms with Crippen molar-refractivity contribution in [2.45, 2.75) is 32.6 Å². The molecule has 2 aliphatic rings. The van der Waals surface area contributed by atoms with E-state index in [2.05, 4.69) is 26.7 Å². The average molecular weight is 378 g/mol. The summed E-state index contributed by atoms with van der Waals surface area (Å²) >= 11 is 0. The highest BCUT2D eigenvalue weighted by molar-refractivity contribution is 6.05. The molecule has 4 heterocycles. The van der Waals surface area contributed by atoms with Crippen molar-refractivity contribution in [1.82, 2.24) is 14.9 Å². The van der Waals surface area contributed by atoms with Crippen LogP contribution in [-0.2, 0) is 4.79 Å². The van der Waals surface area contributed by atoms with Gasteiger partial charge in [0.05, 0.1) is 0 Å². The van der Waals surface area contributed by atoms with Crippen LogP contribution in [-0.4, -0.2) is 47.0 Å². The smallest absolute Gasteiger partial charge is 0.225 e. The summed E-state index contributed by atoms with van der Waals surface area (Å²) in [6.07, 6.45) is 5.73. The first kappa shape index (κ1) is 17.5. The van der Waals surface area contributed by atoms with Crippen LogP contribution in [0.3, 0.4) is 0 Å². The Bertz CT molecular complexity index is 1010. The third-order valence-corrected chi connectivity index (χ3v) is 6.25. The van der Waals surface area contributed by atoms with Crippen LogP contribution in [0.2, 0.25) is 0 Å². The fourth-order valence-electron chi connectivity index (χ4n) is 4.72. The zero-order valence-corrected chi connectivity index (χ0v) is 16.3. The third kappa shape index (κ3) is 3.01. The number of amides is 1. The number of hydrogen-bond donors (Lipinski definition) is 0. The minimum absolute atomic E-state index is 0.134. The van der Waals surface area contributed by atoms with Crippen LogP contribution in [0, 0.1) is 11.8 Å². The molecule has 1 amide bonds. The maximum Gasteiger partial charge on any atom is 0.225 e.